The Morgan fingerprint density at radius 1 is 1.44 bits per heavy atom. The van der Waals surface area contributed by atoms with E-state index >= 15 is 0 Å². The molecule has 0 spiro atoms. The Morgan fingerprint density at radius 2 is 2.00 bits per heavy atom. The highest BCUT2D eigenvalue weighted by molar-refractivity contribution is 9.27. The summed E-state index contributed by atoms with van der Waals surface area (Å²) >= 11 is 14.2. The van der Waals surface area contributed by atoms with Gasteiger partial charge >= 0.3 is 0 Å². The van der Waals surface area contributed by atoms with Crippen LogP contribution in [0.15, 0.2) is 0 Å². The summed E-state index contributed by atoms with van der Waals surface area (Å²) in [6, 6.07) is 0. The molecular weight excluding hydrogens is 380 g/mol. The van der Waals surface area contributed by atoms with Gasteiger partial charge in [-0.05, 0) is 12.8 Å². The maximum absolute atomic E-state index is 3.56. The van der Waals surface area contributed by atoms with Gasteiger partial charge in [0.15, 0.2) is 0 Å². The third-order valence-corrected chi connectivity index (χ3v) is 7.89. The van der Waals surface area contributed by atoms with Crippen LogP contribution in [0.3, 0.4) is 0 Å². The quantitative estimate of drug-likeness (QED) is 0.555. The van der Waals surface area contributed by atoms with Gasteiger partial charge in [0.05, 0.1) is 4.83 Å². The Bertz CT molecular complexity index is 99.5. The summed E-state index contributed by atoms with van der Waals surface area (Å²) in [6.07, 6.45) is 2.31. The molecule has 0 aromatic rings. The predicted octanol–water partition coefficient (Wildman–Crippen LogP) is 3.96. The van der Waals surface area contributed by atoms with E-state index in [2.05, 4.69) is 63.7 Å². The number of rotatable bonds is 0. The highest BCUT2D eigenvalue weighted by Gasteiger charge is 2.44. The van der Waals surface area contributed by atoms with Crippen LogP contribution in [-0.2, 0) is 0 Å². The van der Waals surface area contributed by atoms with Gasteiger partial charge in [-0.15, -0.1) is 0 Å². The molecule has 1 atom stereocenters. The third kappa shape index (κ3) is 1.74. The predicted molar refractivity (Wildman–Crippen MR) is 54.7 cm³/mol. The fourth-order valence-corrected chi connectivity index (χ4v) is 2.94. The molecule has 0 saturated heterocycles. The van der Waals surface area contributed by atoms with Crippen molar-refractivity contribution >= 4 is 63.7 Å². The Hall–Kier alpha value is 1.92. The molecule has 4 heteroatoms. The minimum absolute atomic E-state index is 0.0139. The molecule has 1 radical (unpaired) electrons. The number of alkyl halides is 3. The molecule has 0 aliphatic heterocycles. The maximum atomic E-state index is 3.56. The monoisotopic (exact) mass is 381 g/mol. The van der Waals surface area contributed by atoms with Crippen molar-refractivity contribution in [2.75, 3.05) is 0 Å². The molecule has 1 saturated carbocycles. The van der Waals surface area contributed by atoms with Crippen LogP contribution in [0.25, 0.3) is 0 Å². The largest absolute Gasteiger partial charge is 0.110 e. The van der Waals surface area contributed by atoms with Crippen LogP contribution in [-0.4, -0.2) is 8.06 Å². The van der Waals surface area contributed by atoms with Crippen LogP contribution in [0.1, 0.15) is 12.8 Å². The minimum Gasteiger partial charge on any atom is -0.0865 e. The van der Waals surface area contributed by atoms with E-state index in [1.54, 1.807) is 0 Å². The molecule has 0 bridgehead atoms. The molecular formula is C5H5Br4. The smallest absolute Gasteiger partial charge is 0.0865 e. The van der Waals surface area contributed by atoms with E-state index in [0.29, 0.717) is 4.83 Å². The second-order valence-electron chi connectivity index (χ2n) is 2.03. The lowest BCUT2D eigenvalue weighted by Gasteiger charge is -2.20. The van der Waals surface area contributed by atoms with Crippen molar-refractivity contribution in [2.24, 2.45) is 0 Å². The Labute approximate surface area is 88.7 Å². The number of hydrogen-bond acceptors (Lipinski definition) is 0. The SMILES string of the molecule is Br[C]1CCC(Br)C1(Br)Br. The van der Waals surface area contributed by atoms with Gasteiger partial charge in [0, 0.05) is 4.83 Å². The van der Waals surface area contributed by atoms with Crippen molar-refractivity contribution in [1.29, 1.82) is 0 Å². The first-order valence-electron chi connectivity index (χ1n) is 2.59. The van der Waals surface area contributed by atoms with Gasteiger partial charge in [0.1, 0.15) is 3.23 Å². The fraction of sp³-hybridized carbons (Fsp3) is 0.800. The first-order valence-corrected chi connectivity index (χ1v) is 5.88. The van der Waals surface area contributed by atoms with Gasteiger partial charge < -0.3 is 0 Å². The summed E-state index contributed by atoms with van der Waals surface area (Å²) in [5.74, 6) is 0. The molecule has 9 heavy (non-hydrogen) atoms. The lowest BCUT2D eigenvalue weighted by Crippen LogP contribution is -2.20. The summed E-state index contributed by atoms with van der Waals surface area (Å²) in [5.41, 5.74) is 0. The molecule has 0 heterocycles. The average Bonchev–Trinajstić information content (AvgIpc) is 1.96. The van der Waals surface area contributed by atoms with Gasteiger partial charge in [0.25, 0.3) is 0 Å². The highest BCUT2D eigenvalue weighted by Crippen LogP contribution is 2.54. The third-order valence-electron chi connectivity index (χ3n) is 1.37. The Morgan fingerprint density at radius 3 is 2.11 bits per heavy atom. The van der Waals surface area contributed by atoms with E-state index in [4.69, 9.17) is 0 Å². The molecule has 53 valence electrons. The van der Waals surface area contributed by atoms with Crippen LogP contribution in [0.2, 0.25) is 0 Å². The molecule has 1 fully saturated rings. The van der Waals surface area contributed by atoms with Crippen molar-refractivity contribution in [3.8, 4) is 0 Å². The standard InChI is InChI=1S/C5H5Br4/c6-3-1-2-4(7)5(3,8)9/h3H,1-2H2. The first kappa shape index (κ1) is 9.01. The molecule has 1 rings (SSSR count). The first-order chi connectivity index (χ1) is 4.05. The minimum atomic E-state index is -0.0139. The zero-order valence-electron chi connectivity index (χ0n) is 4.50. The molecule has 1 aliphatic carbocycles. The van der Waals surface area contributed by atoms with E-state index in [1.165, 1.54) is 11.2 Å². The normalized spacial score (nSPS) is 35.3. The van der Waals surface area contributed by atoms with Crippen molar-refractivity contribution < 1.29 is 0 Å². The lowest BCUT2D eigenvalue weighted by molar-refractivity contribution is 0.919. The second-order valence-corrected chi connectivity index (χ2v) is 7.66. The average molecular weight is 385 g/mol. The second kappa shape index (κ2) is 3.11. The lowest BCUT2D eigenvalue weighted by atomic mass is 10.4. The molecule has 0 aromatic carbocycles. The molecule has 0 N–H and O–H groups in total. The van der Waals surface area contributed by atoms with Crippen LogP contribution in [0, 0.1) is 4.83 Å². The van der Waals surface area contributed by atoms with Gasteiger partial charge in [0.2, 0.25) is 0 Å². The summed E-state index contributed by atoms with van der Waals surface area (Å²) in [7, 11) is 0. The zero-order valence-corrected chi connectivity index (χ0v) is 10.8. The van der Waals surface area contributed by atoms with Gasteiger partial charge in [-0.1, -0.05) is 63.7 Å². The van der Waals surface area contributed by atoms with E-state index in [-0.39, 0.29) is 3.23 Å². The summed E-state index contributed by atoms with van der Waals surface area (Å²) < 4.78 is -0.0139. The van der Waals surface area contributed by atoms with Gasteiger partial charge in [-0.3, -0.25) is 0 Å². The molecule has 0 aromatic heterocycles. The maximum Gasteiger partial charge on any atom is 0.110 e. The number of hydrogen-bond donors (Lipinski definition) is 0. The molecule has 1 unspecified atom stereocenters. The van der Waals surface area contributed by atoms with Crippen LogP contribution in [0.4, 0.5) is 0 Å². The fourth-order valence-electron chi connectivity index (χ4n) is 0.771. The van der Waals surface area contributed by atoms with Gasteiger partial charge in [-0.2, -0.15) is 0 Å². The van der Waals surface area contributed by atoms with Crippen molar-refractivity contribution in [2.45, 2.75) is 20.9 Å². The molecule has 0 nitrogen and oxygen atoms in total. The van der Waals surface area contributed by atoms with Crippen LogP contribution < -0.4 is 0 Å². The van der Waals surface area contributed by atoms with E-state index in [9.17, 15) is 0 Å². The van der Waals surface area contributed by atoms with Crippen molar-refractivity contribution in [1.82, 2.24) is 0 Å². The summed E-state index contributed by atoms with van der Waals surface area (Å²) in [5, 5.41) is 0. The number of halogens is 4. The van der Waals surface area contributed by atoms with E-state index in [0.717, 1.165) is 6.42 Å². The summed E-state index contributed by atoms with van der Waals surface area (Å²) in [6.45, 7) is 0. The topological polar surface area (TPSA) is 0 Å². The van der Waals surface area contributed by atoms with Crippen LogP contribution in [0.5, 0.6) is 0 Å². The van der Waals surface area contributed by atoms with E-state index in [1.807, 2.05) is 0 Å². The molecule has 1 aliphatic rings. The van der Waals surface area contributed by atoms with Crippen LogP contribution >= 0.6 is 63.7 Å². The summed E-state index contributed by atoms with van der Waals surface area (Å²) in [4.78, 5) is 1.79. The van der Waals surface area contributed by atoms with Crippen molar-refractivity contribution in [3.63, 3.8) is 0 Å². The molecule has 0 amide bonds. The Kier molecular flexibility index (Phi) is 3.12. The highest BCUT2D eigenvalue weighted by atomic mass is 79.9. The Balaban J connectivity index is 2.66. The zero-order chi connectivity index (χ0) is 7.07. The van der Waals surface area contributed by atoms with E-state index < -0.39 is 0 Å². The van der Waals surface area contributed by atoms with Crippen molar-refractivity contribution in [3.05, 3.63) is 4.83 Å². The van der Waals surface area contributed by atoms with Gasteiger partial charge in [-0.25, -0.2) is 0 Å².